The molecule has 0 spiro atoms. The quantitative estimate of drug-likeness (QED) is 0.679. The van der Waals surface area contributed by atoms with Crippen LogP contribution in [0.3, 0.4) is 0 Å². The fourth-order valence-electron chi connectivity index (χ4n) is 2.88. The Morgan fingerprint density at radius 1 is 1.19 bits per heavy atom. The lowest BCUT2D eigenvalue weighted by molar-refractivity contribution is 0.0955. The largest absolute Gasteiger partial charge is 0.382 e. The van der Waals surface area contributed by atoms with Crippen molar-refractivity contribution >= 4 is 22.5 Å². The topological polar surface area (TPSA) is 77.8 Å². The zero-order valence-electron chi connectivity index (χ0n) is 15.1. The number of pyridine rings is 1. The van der Waals surface area contributed by atoms with Gasteiger partial charge in [-0.25, -0.2) is 4.39 Å². The Morgan fingerprint density at radius 3 is 2.63 bits per heavy atom. The molecule has 6 heteroatoms. The monoisotopic (exact) mass is 362 g/mol. The normalized spacial score (nSPS) is 10.4. The first-order valence-corrected chi connectivity index (χ1v) is 8.57. The van der Waals surface area contributed by atoms with Crippen molar-refractivity contribution in [2.45, 2.75) is 13.8 Å². The molecule has 2 N–H and O–H groups in total. The highest BCUT2D eigenvalue weighted by Crippen LogP contribution is 2.28. The van der Waals surface area contributed by atoms with Gasteiger partial charge in [0.1, 0.15) is 11.9 Å². The lowest BCUT2D eigenvalue weighted by Gasteiger charge is -2.13. The minimum absolute atomic E-state index is 0.168. The van der Waals surface area contributed by atoms with Crippen molar-refractivity contribution < 1.29 is 9.18 Å². The molecular formula is C21H19FN4O. The fourth-order valence-corrected chi connectivity index (χ4v) is 2.88. The second-order valence-electron chi connectivity index (χ2n) is 6.33. The van der Waals surface area contributed by atoms with E-state index in [1.165, 1.54) is 18.3 Å². The second-order valence-corrected chi connectivity index (χ2v) is 6.33. The summed E-state index contributed by atoms with van der Waals surface area (Å²) >= 11 is 0. The predicted molar refractivity (Wildman–Crippen MR) is 103 cm³/mol. The average molecular weight is 362 g/mol. The van der Waals surface area contributed by atoms with Crippen LogP contribution in [0.4, 0.5) is 10.1 Å². The molecular weight excluding hydrogens is 343 g/mol. The van der Waals surface area contributed by atoms with Crippen LogP contribution in [-0.2, 0) is 0 Å². The number of hydrogen-bond acceptors (Lipinski definition) is 4. The maximum Gasteiger partial charge on any atom is 0.251 e. The van der Waals surface area contributed by atoms with E-state index < -0.39 is 0 Å². The summed E-state index contributed by atoms with van der Waals surface area (Å²) in [5, 5.41) is 15.8. The predicted octanol–water partition coefficient (Wildman–Crippen LogP) is 3.70. The summed E-state index contributed by atoms with van der Waals surface area (Å²) in [6.07, 6.45) is 1.47. The smallest absolute Gasteiger partial charge is 0.251 e. The van der Waals surface area contributed by atoms with E-state index in [1.807, 2.05) is 19.1 Å². The molecule has 0 atom stereocenters. The van der Waals surface area contributed by atoms with Crippen LogP contribution < -0.4 is 10.6 Å². The molecule has 0 bridgehead atoms. The van der Waals surface area contributed by atoms with Gasteiger partial charge in [0.2, 0.25) is 0 Å². The van der Waals surface area contributed by atoms with Crippen LogP contribution in [-0.4, -0.2) is 24.0 Å². The number of nitriles is 1. The van der Waals surface area contributed by atoms with Crippen LogP contribution >= 0.6 is 0 Å². The first-order chi connectivity index (χ1) is 13.0. The van der Waals surface area contributed by atoms with Crippen LogP contribution in [0, 0.1) is 31.0 Å². The highest BCUT2D eigenvalue weighted by Gasteiger charge is 2.12. The Morgan fingerprint density at radius 2 is 1.93 bits per heavy atom. The molecule has 0 saturated heterocycles. The van der Waals surface area contributed by atoms with Gasteiger partial charge in [-0.1, -0.05) is 17.7 Å². The number of carbonyl (C=O) groups excluding carboxylic acids is 1. The fraction of sp³-hybridized carbons (Fsp3) is 0.190. The van der Waals surface area contributed by atoms with E-state index in [1.54, 1.807) is 19.1 Å². The lowest BCUT2D eigenvalue weighted by atomic mass is 10.1. The summed E-state index contributed by atoms with van der Waals surface area (Å²) in [4.78, 5) is 16.4. The number of halogens is 1. The Hall–Kier alpha value is -3.46. The maximum absolute atomic E-state index is 13.8. The molecule has 0 fully saturated rings. The second kappa shape index (κ2) is 7.83. The molecule has 27 heavy (non-hydrogen) atoms. The number of nitrogens with one attached hydrogen (secondary N) is 2. The molecule has 0 saturated carbocycles. The maximum atomic E-state index is 13.8. The van der Waals surface area contributed by atoms with Gasteiger partial charge in [0.15, 0.2) is 0 Å². The molecule has 0 unspecified atom stereocenters. The zero-order valence-corrected chi connectivity index (χ0v) is 15.1. The van der Waals surface area contributed by atoms with Crippen molar-refractivity contribution in [3.8, 4) is 6.07 Å². The number of hydrogen-bond donors (Lipinski definition) is 2. The molecule has 136 valence electrons. The summed E-state index contributed by atoms with van der Waals surface area (Å²) in [5.41, 5.74) is 3.87. The van der Waals surface area contributed by atoms with Gasteiger partial charge in [-0.3, -0.25) is 9.78 Å². The van der Waals surface area contributed by atoms with Crippen molar-refractivity contribution in [2.75, 3.05) is 18.4 Å². The first-order valence-electron chi connectivity index (χ1n) is 8.57. The van der Waals surface area contributed by atoms with E-state index in [4.69, 9.17) is 0 Å². The lowest BCUT2D eigenvalue weighted by Crippen LogP contribution is -2.28. The number of carbonyl (C=O) groups is 1. The van der Waals surface area contributed by atoms with Gasteiger partial charge in [0.25, 0.3) is 5.91 Å². The van der Waals surface area contributed by atoms with Crippen molar-refractivity contribution in [3.05, 3.63) is 70.7 Å². The van der Waals surface area contributed by atoms with Crippen molar-refractivity contribution in [1.29, 1.82) is 5.26 Å². The number of fused-ring (bicyclic) bond motifs is 1. The van der Waals surface area contributed by atoms with E-state index in [9.17, 15) is 14.4 Å². The van der Waals surface area contributed by atoms with Crippen LogP contribution in [0.15, 0.2) is 42.6 Å². The molecule has 3 rings (SSSR count). The first kappa shape index (κ1) is 18.3. The van der Waals surface area contributed by atoms with Crippen LogP contribution in [0.25, 0.3) is 10.9 Å². The number of benzene rings is 2. The molecule has 1 amide bonds. The summed E-state index contributed by atoms with van der Waals surface area (Å²) < 4.78 is 13.8. The van der Waals surface area contributed by atoms with Crippen molar-refractivity contribution in [1.82, 2.24) is 10.3 Å². The number of aromatic nitrogens is 1. The third kappa shape index (κ3) is 4.04. The highest BCUT2D eigenvalue weighted by molar-refractivity contribution is 5.96. The molecule has 1 aromatic heterocycles. The van der Waals surface area contributed by atoms with Crippen molar-refractivity contribution in [3.63, 3.8) is 0 Å². The molecule has 2 aromatic carbocycles. The third-order valence-corrected chi connectivity index (χ3v) is 4.27. The summed E-state index contributed by atoms with van der Waals surface area (Å²) in [5.74, 6) is -0.550. The molecule has 0 aliphatic heterocycles. The van der Waals surface area contributed by atoms with E-state index in [0.29, 0.717) is 46.4 Å². The standard InChI is InChI=1S/C21H19FN4O/c1-13-3-5-15(6-4-13)21(27)25-8-7-24-20-16(11-23)12-26-19-14(2)9-17(22)10-18(19)20/h3-6,9-10,12H,7-8H2,1-2H3,(H,24,26)(H,25,27). The van der Waals surface area contributed by atoms with E-state index in [0.717, 1.165) is 5.56 Å². The van der Waals surface area contributed by atoms with Gasteiger partial charge in [-0.05, 0) is 43.7 Å². The average Bonchev–Trinajstić information content (AvgIpc) is 2.65. The van der Waals surface area contributed by atoms with Gasteiger partial charge in [-0.15, -0.1) is 0 Å². The molecule has 0 aliphatic rings. The Kier molecular flexibility index (Phi) is 5.32. The Bertz CT molecular complexity index is 1040. The van der Waals surface area contributed by atoms with Gasteiger partial charge < -0.3 is 10.6 Å². The molecule has 0 aliphatic carbocycles. The van der Waals surface area contributed by atoms with Crippen molar-refractivity contribution in [2.24, 2.45) is 0 Å². The van der Waals surface area contributed by atoms with E-state index >= 15 is 0 Å². The van der Waals surface area contributed by atoms with Crippen LogP contribution in [0.5, 0.6) is 0 Å². The molecule has 0 radical (unpaired) electrons. The number of rotatable bonds is 5. The van der Waals surface area contributed by atoms with Gasteiger partial charge in [0, 0.05) is 30.2 Å². The van der Waals surface area contributed by atoms with Crippen LogP contribution in [0.2, 0.25) is 0 Å². The van der Waals surface area contributed by atoms with Gasteiger partial charge in [0.05, 0.1) is 16.8 Å². The van der Waals surface area contributed by atoms with Gasteiger partial charge in [-0.2, -0.15) is 5.26 Å². The molecule has 5 nitrogen and oxygen atoms in total. The Labute approximate surface area is 156 Å². The minimum Gasteiger partial charge on any atom is -0.382 e. The number of amides is 1. The van der Waals surface area contributed by atoms with Gasteiger partial charge >= 0.3 is 0 Å². The third-order valence-electron chi connectivity index (χ3n) is 4.27. The highest BCUT2D eigenvalue weighted by atomic mass is 19.1. The SMILES string of the molecule is Cc1ccc(C(=O)NCCNc2c(C#N)cnc3c(C)cc(F)cc23)cc1. The summed E-state index contributed by atoms with van der Waals surface area (Å²) in [7, 11) is 0. The van der Waals surface area contributed by atoms with E-state index in [2.05, 4.69) is 21.7 Å². The van der Waals surface area contributed by atoms with Crippen LogP contribution in [0.1, 0.15) is 27.0 Å². The molecule has 3 aromatic rings. The zero-order chi connectivity index (χ0) is 19.4. The Balaban J connectivity index is 1.72. The number of aryl methyl sites for hydroxylation is 2. The minimum atomic E-state index is -0.382. The summed E-state index contributed by atoms with van der Waals surface area (Å²) in [6, 6.07) is 12.2. The van der Waals surface area contributed by atoms with E-state index in [-0.39, 0.29) is 11.7 Å². The molecule has 1 heterocycles. The number of nitrogens with zero attached hydrogens (tertiary/aromatic N) is 2. The summed E-state index contributed by atoms with van der Waals surface area (Å²) in [6.45, 7) is 4.48. The number of anilines is 1.